The molecule has 0 bridgehead atoms. The third-order valence-electron chi connectivity index (χ3n) is 3.14. The summed E-state index contributed by atoms with van der Waals surface area (Å²) in [6.07, 6.45) is 0. The molecule has 2 aromatic rings. The van der Waals surface area contributed by atoms with Gasteiger partial charge in [-0.1, -0.05) is 29.8 Å². The molecule has 0 amide bonds. The number of rotatable bonds is 5. The van der Waals surface area contributed by atoms with Crippen LogP contribution < -0.4 is 0 Å². The number of esters is 1. The normalized spacial score (nSPS) is 12.4. The second kappa shape index (κ2) is 7.02. The third kappa shape index (κ3) is 3.81. The third-order valence-corrected chi connectivity index (χ3v) is 4.31. The monoisotopic (exact) mass is 324 g/mol. The Morgan fingerprint density at radius 2 is 2.19 bits per heavy atom. The topological polar surface area (TPSA) is 42.4 Å². The number of carbonyl (C=O) groups excluding carboxylic acids is 1. The largest absolute Gasteiger partial charge is 0.468 e. The van der Waals surface area contributed by atoms with Crippen molar-refractivity contribution in [2.75, 3.05) is 14.2 Å². The van der Waals surface area contributed by atoms with Gasteiger partial charge in [0.05, 0.1) is 17.8 Å². The maximum absolute atomic E-state index is 12.2. The minimum Gasteiger partial charge on any atom is -0.468 e. The van der Waals surface area contributed by atoms with Gasteiger partial charge in [-0.25, -0.2) is 9.78 Å². The fourth-order valence-electron chi connectivity index (χ4n) is 2.18. The number of likely N-dealkylation sites (N-methyl/N-ethyl adjacent to an activating group) is 1. The molecule has 0 fully saturated rings. The number of aryl methyl sites for hydroxylation is 1. The van der Waals surface area contributed by atoms with Crippen LogP contribution in [-0.4, -0.2) is 30.0 Å². The summed E-state index contributed by atoms with van der Waals surface area (Å²) < 4.78 is 4.93. The SMILES string of the molecule is COC(=O)[C@@H](c1ccccc1Cl)N(C)Cc1csc(C)n1. The van der Waals surface area contributed by atoms with Crippen molar-refractivity contribution in [3.63, 3.8) is 0 Å². The molecular weight excluding hydrogens is 308 g/mol. The highest BCUT2D eigenvalue weighted by Gasteiger charge is 2.28. The van der Waals surface area contributed by atoms with Crippen LogP contribution >= 0.6 is 22.9 Å². The van der Waals surface area contributed by atoms with Gasteiger partial charge < -0.3 is 4.74 Å². The molecule has 0 N–H and O–H groups in total. The number of halogens is 1. The number of hydrogen-bond donors (Lipinski definition) is 0. The molecule has 0 aliphatic carbocycles. The second-order valence-electron chi connectivity index (χ2n) is 4.72. The van der Waals surface area contributed by atoms with E-state index in [2.05, 4.69) is 4.98 Å². The predicted octanol–water partition coefficient (Wildman–Crippen LogP) is 3.45. The fourth-order valence-corrected chi connectivity index (χ4v) is 3.02. The van der Waals surface area contributed by atoms with E-state index in [4.69, 9.17) is 16.3 Å². The van der Waals surface area contributed by atoms with Gasteiger partial charge in [-0.3, -0.25) is 4.90 Å². The van der Waals surface area contributed by atoms with E-state index in [-0.39, 0.29) is 5.97 Å². The van der Waals surface area contributed by atoms with Gasteiger partial charge in [0.1, 0.15) is 6.04 Å². The fraction of sp³-hybridized carbons (Fsp3) is 0.333. The minimum absolute atomic E-state index is 0.336. The molecule has 6 heteroatoms. The first-order valence-corrected chi connectivity index (χ1v) is 7.72. The van der Waals surface area contributed by atoms with Gasteiger partial charge in [-0.05, 0) is 25.6 Å². The Balaban J connectivity index is 2.28. The molecule has 0 aliphatic rings. The van der Waals surface area contributed by atoms with Gasteiger partial charge in [0.25, 0.3) is 0 Å². The predicted molar refractivity (Wildman–Crippen MR) is 84.5 cm³/mol. The Kier molecular flexibility index (Phi) is 5.33. The molecule has 4 nitrogen and oxygen atoms in total. The number of aromatic nitrogens is 1. The molecule has 112 valence electrons. The second-order valence-corrected chi connectivity index (χ2v) is 6.19. The van der Waals surface area contributed by atoms with Gasteiger partial charge in [0.15, 0.2) is 0 Å². The molecule has 2 rings (SSSR count). The molecular formula is C15H17ClN2O2S. The van der Waals surface area contributed by atoms with Crippen molar-refractivity contribution in [1.29, 1.82) is 0 Å². The smallest absolute Gasteiger partial charge is 0.327 e. The van der Waals surface area contributed by atoms with Crippen molar-refractivity contribution in [3.05, 3.63) is 50.9 Å². The molecule has 21 heavy (non-hydrogen) atoms. The summed E-state index contributed by atoms with van der Waals surface area (Å²) in [4.78, 5) is 18.5. The minimum atomic E-state index is -0.550. The Hall–Kier alpha value is -1.43. The van der Waals surface area contributed by atoms with Gasteiger partial charge in [0, 0.05) is 16.9 Å². The van der Waals surface area contributed by atoms with Crippen LogP contribution in [0.3, 0.4) is 0 Å². The molecule has 0 saturated heterocycles. The Labute approximate surface area is 133 Å². The van der Waals surface area contributed by atoms with Gasteiger partial charge in [0.2, 0.25) is 0 Å². The molecule has 1 aromatic heterocycles. The zero-order chi connectivity index (χ0) is 15.4. The summed E-state index contributed by atoms with van der Waals surface area (Å²) in [6, 6.07) is 6.76. The van der Waals surface area contributed by atoms with E-state index in [9.17, 15) is 4.79 Å². The summed E-state index contributed by atoms with van der Waals surface area (Å²) in [5, 5.41) is 3.55. The summed E-state index contributed by atoms with van der Waals surface area (Å²) in [7, 11) is 3.24. The van der Waals surface area contributed by atoms with Crippen LogP contribution in [0.15, 0.2) is 29.6 Å². The van der Waals surface area contributed by atoms with Crippen LogP contribution in [0.5, 0.6) is 0 Å². The first-order chi connectivity index (χ1) is 10.0. The molecule has 0 aliphatic heterocycles. The number of hydrogen-bond acceptors (Lipinski definition) is 5. The average Bonchev–Trinajstić information content (AvgIpc) is 2.86. The van der Waals surface area contributed by atoms with Crippen molar-refractivity contribution in [3.8, 4) is 0 Å². The number of methoxy groups -OCH3 is 1. The first-order valence-electron chi connectivity index (χ1n) is 6.46. The molecule has 1 atom stereocenters. The highest BCUT2D eigenvalue weighted by Crippen LogP contribution is 2.29. The summed E-state index contributed by atoms with van der Waals surface area (Å²) in [6.45, 7) is 2.51. The summed E-state index contributed by atoms with van der Waals surface area (Å²) >= 11 is 7.81. The number of ether oxygens (including phenoxy) is 1. The van der Waals surface area contributed by atoms with Crippen molar-refractivity contribution in [2.24, 2.45) is 0 Å². The number of benzene rings is 1. The van der Waals surface area contributed by atoms with Crippen molar-refractivity contribution in [1.82, 2.24) is 9.88 Å². The maximum Gasteiger partial charge on any atom is 0.327 e. The van der Waals surface area contributed by atoms with Crippen LogP contribution in [0, 0.1) is 6.92 Å². The van der Waals surface area contributed by atoms with E-state index >= 15 is 0 Å². The van der Waals surface area contributed by atoms with Gasteiger partial charge >= 0.3 is 5.97 Å². The van der Waals surface area contributed by atoms with Crippen molar-refractivity contribution >= 4 is 28.9 Å². The first kappa shape index (κ1) is 15.9. The van der Waals surface area contributed by atoms with E-state index in [0.29, 0.717) is 11.6 Å². The molecule has 0 radical (unpaired) electrons. The zero-order valence-corrected chi connectivity index (χ0v) is 13.7. The van der Waals surface area contributed by atoms with Crippen LogP contribution in [0.25, 0.3) is 0 Å². The standard InChI is InChI=1S/C15H17ClN2O2S/c1-10-17-11(9-21-10)8-18(2)14(15(19)20-3)12-6-4-5-7-13(12)16/h4-7,9,14H,8H2,1-3H3/t14-/m1/s1. The van der Waals surface area contributed by atoms with Crippen LogP contribution in [-0.2, 0) is 16.1 Å². The Morgan fingerprint density at radius 3 is 2.76 bits per heavy atom. The highest BCUT2D eigenvalue weighted by atomic mass is 35.5. The molecule has 1 aromatic carbocycles. The van der Waals surface area contributed by atoms with Crippen molar-refractivity contribution < 1.29 is 9.53 Å². The van der Waals surface area contributed by atoms with Gasteiger partial charge in [-0.2, -0.15) is 0 Å². The molecule has 0 spiro atoms. The summed E-state index contributed by atoms with van der Waals surface area (Å²) in [5.41, 5.74) is 1.67. The molecule has 1 heterocycles. The average molecular weight is 325 g/mol. The van der Waals surface area contributed by atoms with Crippen LogP contribution in [0.4, 0.5) is 0 Å². The van der Waals surface area contributed by atoms with E-state index < -0.39 is 6.04 Å². The number of thiazole rings is 1. The lowest BCUT2D eigenvalue weighted by atomic mass is 10.1. The molecule has 0 saturated carbocycles. The van der Waals surface area contributed by atoms with E-state index in [1.54, 1.807) is 17.4 Å². The van der Waals surface area contributed by atoms with Gasteiger partial charge in [-0.15, -0.1) is 11.3 Å². The Morgan fingerprint density at radius 1 is 1.48 bits per heavy atom. The van der Waals surface area contributed by atoms with E-state index in [0.717, 1.165) is 16.3 Å². The van der Waals surface area contributed by atoms with Crippen LogP contribution in [0.2, 0.25) is 5.02 Å². The van der Waals surface area contributed by atoms with E-state index in [1.807, 2.05) is 42.5 Å². The van der Waals surface area contributed by atoms with E-state index in [1.165, 1.54) is 7.11 Å². The maximum atomic E-state index is 12.2. The highest BCUT2D eigenvalue weighted by molar-refractivity contribution is 7.09. The molecule has 0 unspecified atom stereocenters. The number of carbonyl (C=O) groups is 1. The van der Waals surface area contributed by atoms with Crippen LogP contribution in [0.1, 0.15) is 22.3 Å². The lowest BCUT2D eigenvalue weighted by molar-refractivity contribution is -0.147. The lowest BCUT2D eigenvalue weighted by Gasteiger charge is -2.26. The lowest BCUT2D eigenvalue weighted by Crippen LogP contribution is -2.31. The quantitative estimate of drug-likeness (QED) is 0.790. The Bertz CT molecular complexity index is 630. The zero-order valence-electron chi connectivity index (χ0n) is 12.2. The van der Waals surface area contributed by atoms with Crippen molar-refractivity contribution in [2.45, 2.75) is 19.5 Å². The summed E-state index contributed by atoms with van der Waals surface area (Å²) in [5.74, 6) is -0.336. The number of nitrogens with zero attached hydrogens (tertiary/aromatic N) is 2.